The molecule has 1 aliphatic heterocycles. The number of aromatic nitrogens is 1. The highest BCUT2D eigenvalue weighted by Crippen LogP contribution is 2.34. The van der Waals surface area contributed by atoms with E-state index in [1.54, 1.807) is 12.0 Å². The number of benzene rings is 1. The fraction of sp³-hybridized carbons (Fsp3) is 0.333. The molecule has 0 spiro atoms. The lowest BCUT2D eigenvalue weighted by atomic mass is 10.3. The molecule has 0 radical (unpaired) electrons. The first kappa shape index (κ1) is 11.9. The highest BCUT2D eigenvalue weighted by atomic mass is 79.9. The van der Waals surface area contributed by atoms with E-state index >= 15 is 0 Å². The van der Waals surface area contributed by atoms with Gasteiger partial charge in [0.15, 0.2) is 5.13 Å². The molecule has 1 fully saturated rings. The lowest BCUT2D eigenvalue weighted by Gasteiger charge is -2.10. The zero-order chi connectivity index (χ0) is 12.7. The van der Waals surface area contributed by atoms with E-state index in [2.05, 4.69) is 20.9 Å². The molecule has 0 aliphatic carbocycles. The van der Waals surface area contributed by atoms with Gasteiger partial charge in [0.25, 0.3) is 0 Å². The van der Waals surface area contributed by atoms with Crippen LogP contribution in [0.2, 0.25) is 0 Å². The van der Waals surface area contributed by atoms with Gasteiger partial charge in [-0.2, -0.15) is 0 Å². The summed E-state index contributed by atoms with van der Waals surface area (Å²) < 4.78 is 6.24. The summed E-state index contributed by atoms with van der Waals surface area (Å²) in [4.78, 5) is 18.3. The number of amides is 1. The van der Waals surface area contributed by atoms with Crippen LogP contribution in [0.5, 0.6) is 5.75 Å². The predicted molar refractivity (Wildman–Crippen MR) is 75.9 cm³/mol. The van der Waals surface area contributed by atoms with Crippen molar-refractivity contribution in [2.75, 3.05) is 18.6 Å². The van der Waals surface area contributed by atoms with Gasteiger partial charge in [-0.25, -0.2) is 4.98 Å². The number of alkyl halides is 1. The van der Waals surface area contributed by atoms with Gasteiger partial charge in [0.05, 0.1) is 17.3 Å². The summed E-state index contributed by atoms with van der Waals surface area (Å²) in [6.07, 6.45) is 0.541. The Morgan fingerprint density at radius 1 is 1.56 bits per heavy atom. The number of hydrogen-bond acceptors (Lipinski definition) is 4. The number of carbonyl (C=O) groups excluding carboxylic acids is 1. The lowest BCUT2D eigenvalue weighted by Crippen LogP contribution is -2.24. The van der Waals surface area contributed by atoms with E-state index in [1.165, 1.54) is 11.3 Å². The summed E-state index contributed by atoms with van der Waals surface area (Å²) in [7, 11) is 1.63. The predicted octanol–water partition coefficient (Wildman–Crippen LogP) is 2.81. The number of anilines is 1. The van der Waals surface area contributed by atoms with E-state index in [4.69, 9.17) is 4.74 Å². The third-order valence-electron chi connectivity index (χ3n) is 2.89. The van der Waals surface area contributed by atoms with E-state index in [-0.39, 0.29) is 10.7 Å². The molecule has 4 nitrogen and oxygen atoms in total. The number of rotatable bonds is 2. The molecule has 18 heavy (non-hydrogen) atoms. The van der Waals surface area contributed by atoms with Gasteiger partial charge in [-0.1, -0.05) is 27.3 Å². The Labute approximate surface area is 117 Å². The molecule has 1 unspecified atom stereocenters. The van der Waals surface area contributed by atoms with Crippen LogP contribution in [0.4, 0.5) is 5.13 Å². The fourth-order valence-corrected chi connectivity index (χ4v) is 3.53. The number of methoxy groups -OCH3 is 1. The minimum absolute atomic E-state index is 0.128. The van der Waals surface area contributed by atoms with Crippen LogP contribution in [0.25, 0.3) is 10.2 Å². The van der Waals surface area contributed by atoms with E-state index < -0.39 is 0 Å². The maximum atomic E-state index is 11.8. The van der Waals surface area contributed by atoms with Gasteiger partial charge < -0.3 is 4.74 Å². The van der Waals surface area contributed by atoms with Gasteiger partial charge in [0.1, 0.15) is 5.75 Å². The van der Waals surface area contributed by atoms with Gasteiger partial charge in [0.2, 0.25) is 5.91 Å². The molecule has 3 rings (SSSR count). The maximum Gasteiger partial charge on any atom is 0.230 e. The number of thiazole rings is 1. The molecule has 2 aromatic rings. The van der Waals surface area contributed by atoms with Crippen LogP contribution in [0.1, 0.15) is 6.42 Å². The van der Waals surface area contributed by atoms with Crippen molar-refractivity contribution >= 4 is 48.5 Å². The first-order valence-corrected chi connectivity index (χ1v) is 7.29. The summed E-state index contributed by atoms with van der Waals surface area (Å²) in [6, 6.07) is 5.77. The number of carbonyl (C=O) groups is 1. The summed E-state index contributed by atoms with van der Waals surface area (Å²) in [5.41, 5.74) is 0.875. The average molecular weight is 327 g/mol. The molecule has 0 N–H and O–H groups in total. The van der Waals surface area contributed by atoms with E-state index in [9.17, 15) is 4.79 Å². The molecule has 1 aromatic carbocycles. The monoisotopic (exact) mass is 326 g/mol. The molecular weight excluding hydrogens is 316 g/mol. The van der Waals surface area contributed by atoms with Crippen molar-refractivity contribution in [3.05, 3.63) is 18.2 Å². The smallest absolute Gasteiger partial charge is 0.230 e. The van der Waals surface area contributed by atoms with Crippen LogP contribution in [-0.4, -0.2) is 29.4 Å². The van der Waals surface area contributed by atoms with Crippen molar-refractivity contribution < 1.29 is 9.53 Å². The van der Waals surface area contributed by atoms with Crippen molar-refractivity contribution in [1.29, 1.82) is 0 Å². The van der Waals surface area contributed by atoms with Crippen molar-refractivity contribution in [3.8, 4) is 5.75 Å². The molecule has 94 valence electrons. The van der Waals surface area contributed by atoms with Crippen LogP contribution >= 0.6 is 27.3 Å². The Hall–Kier alpha value is -1.14. The largest absolute Gasteiger partial charge is 0.497 e. The van der Waals surface area contributed by atoms with Crippen molar-refractivity contribution in [1.82, 2.24) is 4.98 Å². The second kappa shape index (κ2) is 4.51. The first-order chi connectivity index (χ1) is 8.67. The Balaban J connectivity index is 2.00. The van der Waals surface area contributed by atoms with Gasteiger partial charge in [-0.3, -0.25) is 9.69 Å². The molecule has 1 saturated heterocycles. The Bertz CT molecular complexity index is 613. The van der Waals surface area contributed by atoms with Crippen molar-refractivity contribution in [2.45, 2.75) is 11.2 Å². The Morgan fingerprint density at radius 2 is 2.39 bits per heavy atom. The summed E-state index contributed by atoms with van der Waals surface area (Å²) in [6.45, 7) is 0.690. The minimum Gasteiger partial charge on any atom is -0.497 e. The van der Waals surface area contributed by atoms with Crippen molar-refractivity contribution in [3.63, 3.8) is 0 Å². The molecular formula is C12H11BrN2O2S. The van der Waals surface area contributed by atoms with Crippen LogP contribution in [0.15, 0.2) is 18.2 Å². The number of hydrogen-bond donors (Lipinski definition) is 0. The van der Waals surface area contributed by atoms with Crippen molar-refractivity contribution in [2.24, 2.45) is 0 Å². The SMILES string of the molecule is COc1ccc2sc(N3CC(Br)CC3=O)nc2c1. The zero-order valence-electron chi connectivity index (χ0n) is 9.72. The van der Waals surface area contributed by atoms with E-state index in [0.717, 1.165) is 21.1 Å². The molecule has 1 amide bonds. The summed E-state index contributed by atoms with van der Waals surface area (Å²) in [5, 5.41) is 0.769. The van der Waals surface area contributed by atoms with Crippen LogP contribution in [0.3, 0.4) is 0 Å². The second-order valence-corrected chi connectivity index (χ2v) is 6.44. The minimum atomic E-state index is 0.128. The fourth-order valence-electron chi connectivity index (χ4n) is 1.99. The van der Waals surface area contributed by atoms with E-state index in [0.29, 0.717) is 13.0 Å². The normalized spacial score (nSPS) is 19.8. The van der Waals surface area contributed by atoms with Gasteiger partial charge in [-0.05, 0) is 12.1 Å². The number of ether oxygens (including phenoxy) is 1. The van der Waals surface area contributed by atoms with Gasteiger partial charge >= 0.3 is 0 Å². The highest BCUT2D eigenvalue weighted by Gasteiger charge is 2.30. The molecule has 0 bridgehead atoms. The molecule has 6 heteroatoms. The topological polar surface area (TPSA) is 42.4 Å². The second-order valence-electron chi connectivity index (χ2n) is 4.14. The number of halogens is 1. The van der Waals surface area contributed by atoms with Gasteiger partial charge in [0, 0.05) is 23.9 Å². The third kappa shape index (κ3) is 1.99. The Kier molecular flexibility index (Phi) is 2.99. The lowest BCUT2D eigenvalue weighted by molar-refractivity contribution is -0.117. The quantitative estimate of drug-likeness (QED) is 0.797. The van der Waals surface area contributed by atoms with Gasteiger partial charge in [-0.15, -0.1) is 0 Å². The van der Waals surface area contributed by atoms with Crippen LogP contribution in [-0.2, 0) is 4.79 Å². The standard InChI is InChI=1S/C12H11BrN2O2S/c1-17-8-2-3-10-9(5-8)14-12(18-10)15-6-7(13)4-11(15)16/h2-3,5,7H,4,6H2,1H3. The maximum absolute atomic E-state index is 11.8. The summed E-state index contributed by atoms with van der Waals surface area (Å²) in [5.74, 6) is 0.911. The highest BCUT2D eigenvalue weighted by molar-refractivity contribution is 9.09. The molecule has 1 aromatic heterocycles. The van der Waals surface area contributed by atoms with E-state index in [1.807, 2.05) is 18.2 Å². The molecule has 1 atom stereocenters. The van der Waals surface area contributed by atoms with Crippen LogP contribution in [0, 0.1) is 0 Å². The zero-order valence-corrected chi connectivity index (χ0v) is 12.1. The third-order valence-corrected chi connectivity index (χ3v) is 4.56. The molecule has 2 heterocycles. The Morgan fingerprint density at radius 3 is 3.06 bits per heavy atom. The average Bonchev–Trinajstić information content (AvgIpc) is 2.90. The molecule has 1 aliphatic rings. The molecule has 0 saturated carbocycles. The number of fused-ring (bicyclic) bond motifs is 1. The first-order valence-electron chi connectivity index (χ1n) is 5.56. The van der Waals surface area contributed by atoms with Crippen LogP contribution < -0.4 is 9.64 Å². The number of nitrogens with zero attached hydrogens (tertiary/aromatic N) is 2. The summed E-state index contributed by atoms with van der Waals surface area (Å²) >= 11 is 5.01.